The smallest absolute Gasteiger partial charge is 0.307 e. The monoisotopic (exact) mass is 213 g/mol. The molecule has 1 atom stereocenters. The number of hydrogen-bond donors (Lipinski definition) is 0. The zero-order chi connectivity index (χ0) is 11.1. The summed E-state index contributed by atoms with van der Waals surface area (Å²) in [6, 6.07) is 0.428. The number of methoxy groups -OCH3 is 1. The van der Waals surface area contributed by atoms with Gasteiger partial charge in [0.25, 0.3) is 0 Å². The van der Waals surface area contributed by atoms with E-state index in [1.54, 1.807) is 0 Å². The Balaban J connectivity index is 2.38. The molecule has 0 aliphatic carbocycles. The molecule has 0 spiro atoms. The lowest BCUT2D eigenvalue weighted by Crippen LogP contribution is -2.41. The van der Waals surface area contributed by atoms with Crippen molar-refractivity contribution in [3.63, 3.8) is 0 Å². The van der Waals surface area contributed by atoms with Gasteiger partial charge in [0.15, 0.2) is 0 Å². The number of rotatable bonds is 5. The molecule has 1 saturated heterocycles. The number of unbranched alkanes of at least 4 members (excludes halogenated alkanes) is 1. The lowest BCUT2D eigenvalue weighted by atomic mass is 9.99. The second kappa shape index (κ2) is 6.83. The summed E-state index contributed by atoms with van der Waals surface area (Å²) in [5.41, 5.74) is 0. The normalized spacial score (nSPS) is 22.7. The number of ether oxygens (including phenoxy) is 1. The van der Waals surface area contributed by atoms with Gasteiger partial charge in [-0.2, -0.15) is 0 Å². The number of piperidine rings is 1. The first-order valence-corrected chi connectivity index (χ1v) is 6.08. The Morgan fingerprint density at radius 3 is 2.93 bits per heavy atom. The van der Waals surface area contributed by atoms with Crippen LogP contribution in [0.25, 0.3) is 0 Å². The van der Waals surface area contributed by atoms with Crippen molar-refractivity contribution in [1.29, 1.82) is 0 Å². The number of nitrogens with zero attached hydrogens (tertiary/aromatic N) is 1. The average molecular weight is 213 g/mol. The highest BCUT2D eigenvalue weighted by Crippen LogP contribution is 2.20. The molecule has 0 aromatic rings. The third-order valence-corrected chi connectivity index (χ3v) is 3.18. The van der Waals surface area contributed by atoms with Crippen LogP contribution in [0.4, 0.5) is 0 Å². The Labute approximate surface area is 92.8 Å². The van der Waals surface area contributed by atoms with Gasteiger partial charge in [0.05, 0.1) is 13.5 Å². The second-order valence-corrected chi connectivity index (χ2v) is 4.32. The van der Waals surface area contributed by atoms with Gasteiger partial charge in [-0.15, -0.1) is 0 Å². The molecule has 1 unspecified atom stereocenters. The molecule has 0 bridgehead atoms. The SMILES string of the molecule is CCCCN1CCCCC1CC(=O)OC. The zero-order valence-electron chi connectivity index (χ0n) is 10.00. The van der Waals surface area contributed by atoms with Crippen LogP contribution in [0.15, 0.2) is 0 Å². The lowest BCUT2D eigenvalue weighted by molar-refractivity contribution is -0.142. The number of likely N-dealkylation sites (tertiary alicyclic amines) is 1. The highest BCUT2D eigenvalue weighted by molar-refractivity contribution is 5.69. The van der Waals surface area contributed by atoms with Crippen molar-refractivity contribution in [3.05, 3.63) is 0 Å². The number of carbonyl (C=O) groups excluding carboxylic acids is 1. The predicted molar refractivity (Wildman–Crippen MR) is 60.8 cm³/mol. The van der Waals surface area contributed by atoms with Gasteiger partial charge in [0.1, 0.15) is 0 Å². The Morgan fingerprint density at radius 1 is 1.47 bits per heavy atom. The van der Waals surface area contributed by atoms with Crippen LogP contribution >= 0.6 is 0 Å². The minimum atomic E-state index is -0.0663. The average Bonchev–Trinajstić information content (AvgIpc) is 2.28. The number of hydrogen-bond acceptors (Lipinski definition) is 3. The Bertz CT molecular complexity index is 194. The van der Waals surface area contributed by atoms with Crippen LogP contribution in [0, 0.1) is 0 Å². The summed E-state index contributed by atoms with van der Waals surface area (Å²) < 4.78 is 4.74. The minimum absolute atomic E-state index is 0.0663. The summed E-state index contributed by atoms with van der Waals surface area (Å²) in [6.45, 7) is 4.50. The van der Waals surface area contributed by atoms with E-state index in [-0.39, 0.29) is 5.97 Å². The summed E-state index contributed by atoms with van der Waals surface area (Å²) in [4.78, 5) is 13.7. The maximum absolute atomic E-state index is 11.3. The summed E-state index contributed by atoms with van der Waals surface area (Å²) >= 11 is 0. The van der Waals surface area contributed by atoms with Crippen molar-refractivity contribution in [1.82, 2.24) is 4.90 Å². The van der Waals surface area contributed by atoms with E-state index in [2.05, 4.69) is 11.8 Å². The van der Waals surface area contributed by atoms with Crippen LogP contribution < -0.4 is 0 Å². The molecule has 1 aliphatic rings. The third kappa shape index (κ3) is 4.20. The molecular formula is C12H23NO2. The molecule has 0 aromatic carbocycles. The van der Waals surface area contributed by atoms with E-state index in [4.69, 9.17) is 4.74 Å². The van der Waals surface area contributed by atoms with Crippen LogP contribution in [0.3, 0.4) is 0 Å². The molecule has 15 heavy (non-hydrogen) atoms. The van der Waals surface area contributed by atoms with E-state index in [0.29, 0.717) is 12.5 Å². The molecule has 1 heterocycles. The molecule has 0 aromatic heterocycles. The van der Waals surface area contributed by atoms with Crippen molar-refractivity contribution < 1.29 is 9.53 Å². The fraction of sp³-hybridized carbons (Fsp3) is 0.917. The summed E-state index contributed by atoms with van der Waals surface area (Å²) in [6.07, 6.45) is 6.71. The fourth-order valence-electron chi connectivity index (χ4n) is 2.22. The topological polar surface area (TPSA) is 29.5 Å². The van der Waals surface area contributed by atoms with Crippen LogP contribution in [-0.2, 0) is 9.53 Å². The lowest BCUT2D eigenvalue weighted by Gasteiger charge is -2.35. The molecule has 1 fully saturated rings. The fourth-order valence-corrected chi connectivity index (χ4v) is 2.22. The first-order valence-electron chi connectivity index (χ1n) is 6.08. The molecule has 0 amide bonds. The van der Waals surface area contributed by atoms with Crippen LogP contribution in [0.1, 0.15) is 45.4 Å². The highest BCUT2D eigenvalue weighted by Gasteiger charge is 2.24. The van der Waals surface area contributed by atoms with Gasteiger partial charge in [-0.1, -0.05) is 19.8 Å². The van der Waals surface area contributed by atoms with E-state index in [0.717, 1.165) is 19.5 Å². The number of carbonyl (C=O) groups is 1. The molecule has 88 valence electrons. The largest absolute Gasteiger partial charge is 0.469 e. The zero-order valence-corrected chi connectivity index (χ0v) is 10.00. The van der Waals surface area contributed by atoms with Crippen molar-refractivity contribution in [2.45, 2.75) is 51.5 Å². The van der Waals surface area contributed by atoms with Gasteiger partial charge in [-0.05, 0) is 32.4 Å². The first-order chi connectivity index (χ1) is 7.27. The standard InChI is InChI=1S/C12H23NO2/c1-3-4-8-13-9-6-5-7-11(13)10-12(14)15-2/h11H,3-10H2,1-2H3. The molecule has 0 N–H and O–H groups in total. The minimum Gasteiger partial charge on any atom is -0.469 e. The van der Waals surface area contributed by atoms with Crippen molar-refractivity contribution in [2.24, 2.45) is 0 Å². The van der Waals surface area contributed by atoms with E-state index in [9.17, 15) is 4.79 Å². The van der Waals surface area contributed by atoms with E-state index >= 15 is 0 Å². The van der Waals surface area contributed by atoms with Gasteiger partial charge in [-0.3, -0.25) is 9.69 Å². The molecule has 1 rings (SSSR count). The maximum atomic E-state index is 11.3. The van der Waals surface area contributed by atoms with Crippen molar-refractivity contribution in [3.8, 4) is 0 Å². The van der Waals surface area contributed by atoms with Crippen LogP contribution in [0.5, 0.6) is 0 Å². The van der Waals surface area contributed by atoms with Crippen LogP contribution in [-0.4, -0.2) is 37.1 Å². The predicted octanol–water partition coefficient (Wildman–Crippen LogP) is 2.20. The molecule has 1 aliphatic heterocycles. The van der Waals surface area contributed by atoms with Crippen molar-refractivity contribution >= 4 is 5.97 Å². The van der Waals surface area contributed by atoms with Crippen LogP contribution in [0.2, 0.25) is 0 Å². The molecule has 3 nitrogen and oxygen atoms in total. The molecular weight excluding hydrogens is 190 g/mol. The van der Waals surface area contributed by atoms with E-state index in [1.807, 2.05) is 0 Å². The van der Waals surface area contributed by atoms with Gasteiger partial charge >= 0.3 is 5.97 Å². The molecule has 0 radical (unpaired) electrons. The highest BCUT2D eigenvalue weighted by atomic mass is 16.5. The van der Waals surface area contributed by atoms with Gasteiger partial charge < -0.3 is 4.74 Å². The van der Waals surface area contributed by atoms with E-state index in [1.165, 1.54) is 32.8 Å². The molecule has 0 saturated carbocycles. The summed E-state index contributed by atoms with van der Waals surface area (Å²) in [7, 11) is 1.47. The maximum Gasteiger partial charge on any atom is 0.307 e. The molecule has 3 heteroatoms. The first kappa shape index (κ1) is 12.5. The third-order valence-electron chi connectivity index (χ3n) is 3.18. The van der Waals surface area contributed by atoms with E-state index < -0.39 is 0 Å². The van der Waals surface area contributed by atoms with Gasteiger partial charge in [-0.25, -0.2) is 0 Å². The quantitative estimate of drug-likeness (QED) is 0.656. The Hall–Kier alpha value is -0.570. The Morgan fingerprint density at radius 2 is 2.27 bits per heavy atom. The number of esters is 1. The van der Waals surface area contributed by atoms with Gasteiger partial charge in [0.2, 0.25) is 0 Å². The Kier molecular flexibility index (Phi) is 5.69. The van der Waals surface area contributed by atoms with Crippen molar-refractivity contribution in [2.75, 3.05) is 20.2 Å². The second-order valence-electron chi connectivity index (χ2n) is 4.32. The summed E-state index contributed by atoms with van der Waals surface area (Å²) in [5, 5.41) is 0. The summed E-state index contributed by atoms with van der Waals surface area (Å²) in [5.74, 6) is -0.0663. The van der Waals surface area contributed by atoms with Gasteiger partial charge in [0, 0.05) is 6.04 Å².